The van der Waals surface area contributed by atoms with Crippen molar-refractivity contribution in [2.45, 2.75) is 44.1 Å². The van der Waals surface area contributed by atoms with E-state index in [-0.39, 0.29) is 5.54 Å². The Morgan fingerprint density at radius 1 is 1.12 bits per heavy atom. The van der Waals surface area contributed by atoms with E-state index in [4.69, 9.17) is 5.73 Å². The molecule has 1 aromatic heterocycles. The van der Waals surface area contributed by atoms with Crippen molar-refractivity contribution < 1.29 is 0 Å². The Kier molecular flexibility index (Phi) is 2.79. The van der Waals surface area contributed by atoms with Gasteiger partial charge in [0.05, 0.1) is 0 Å². The van der Waals surface area contributed by atoms with Crippen molar-refractivity contribution >= 4 is 5.82 Å². The second-order valence-corrected chi connectivity index (χ2v) is 5.43. The summed E-state index contributed by atoms with van der Waals surface area (Å²) < 4.78 is 0. The normalized spacial score (nSPS) is 23.2. The lowest BCUT2D eigenvalue weighted by atomic mass is 9.89. The van der Waals surface area contributed by atoms with Crippen molar-refractivity contribution in [2.24, 2.45) is 5.73 Å². The van der Waals surface area contributed by atoms with Gasteiger partial charge in [-0.3, -0.25) is 0 Å². The molecule has 1 aliphatic carbocycles. The van der Waals surface area contributed by atoms with Crippen molar-refractivity contribution in [1.82, 2.24) is 4.98 Å². The van der Waals surface area contributed by atoms with E-state index < -0.39 is 0 Å². The minimum atomic E-state index is -0.119. The molecule has 0 amide bonds. The van der Waals surface area contributed by atoms with E-state index >= 15 is 0 Å². The highest BCUT2D eigenvalue weighted by atomic mass is 15.2. The molecule has 0 spiro atoms. The average molecular weight is 231 g/mol. The first-order chi connectivity index (χ1) is 8.30. The maximum Gasteiger partial charge on any atom is 0.133 e. The van der Waals surface area contributed by atoms with Crippen LogP contribution in [0.2, 0.25) is 0 Å². The topological polar surface area (TPSA) is 42.1 Å². The van der Waals surface area contributed by atoms with Crippen LogP contribution in [0, 0.1) is 0 Å². The number of aromatic nitrogens is 1. The molecule has 2 aliphatic rings. The second-order valence-electron chi connectivity index (χ2n) is 5.43. The van der Waals surface area contributed by atoms with Gasteiger partial charge >= 0.3 is 0 Å². The zero-order valence-corrected chi connectivity index (χ0v) is 10.4. The highest BCUT2D eigenvalue weighted by Gasteiger charge is 2.35. The first-order valence-corrected chi connectivity index (χ1v) is 6.79. The molecule has 0 bridgehead atoms. The lowest BCUT2D eigenvalue weighted by Gasteiger charge is -2.29. The van der Waals surface area contributed by atoms with Gasteiger partial charge in [0.15, 0.2) is 0 Å². The zero-order chi connectivity index (χ0) is 11.7. The fourth-order valence-corrected chi connectivity index (χ4v) is 3.24. The number of anilines is 1. The number of pyridine rings is 1. The predicted molar refractivity (Wildman–Crippen MR) is 70.0 cm³/mol. The van der Waals surface area contributed by atoms with Gasteiger partial charge in [-0.25, -0.2) is 4.98 Å². The molecule has 0 radical (unpaired) electrons. The van der Waals surface area contributed by atoms with Gasteiger partial charge < -0.3 is 10.6 Å². The third kappa shape index (κ3) is 1.93. The van der Waals surface area contributed by atoms with Crippen LogP contribution >= 0.6 is 0 Å². The summed E-state index contributed by atoms with van der Waals surface area (Å²) in [7, 11) is 0. The highest BCUT2D eigenvalue weighted by Crippen LogP contribution is 2.40. The summed E-state index contributed by atoms with van der Waals surface area (Å²) in [6.07, 6.45) is 9.20. The van der Waals surface area contributed by atoms with E-state index in [1.54, 1.807) is 0 Å². The van der Waals surface area contributed by atoms with E-state index in [2.05, 4.69) is 16.0 Å². The summed E-state index contributed by atoms with van der Waals surface area (Å²) in [6.45, 7) is 2.28. The largest absolute Gasteiger partial charge is 0.356 e. The van der Waals surface area contributed by atoms with Crippen LogP contribution in [0.1, 0.15) is 44.1 Å². The minimum absolute atomic E-state index is 0.119. The van der Waals surface area contributed by atoms with Crippen LogP contribution in [0.25, 0.3) is 0 Å². The SMILES string of the molecule is NC1(c2cccnc2N2CCCC2)CCCC1. The van der Waals surface area contributed by atoms with Gasteiger partial charge in [-0.2, -0.15) is 0 Å². The number of nitrogens with two attached hydrogens (primary N) is 1. The molecule has 3 heteroatoms. The van der Waals surface area contributed by atoms with Crippen molar-refractivity contribution in [1.29, 1.82) is 0 Å². The monoisotopic (exact) mass is 231 g/mol. The van der Waals surface area contributed by atoms with Gasteiger partial charge in [-0.05, 0) is 31.7 Å². The fourth-order valence-electron chi connectivity index (χ4n) is 3.24. The molecule has 1 aromatic rings. The van der Waals surface area contributed by atoms with Gasteiger partial charge in [0.2, 0.25) is 0 Å². The van der Waals surface area contributed by atoms with Crippen molar-refractivity contribution in [3.05, 3.63) is 23.9 Å². The molecule has 0 unspecified atom stereocenters. The van der Waals surface area contributed by atoms with Crippen LogP contribution < -0.4 is 10.6 Å². The summed E-state index contributed by atoms with van der Waals surface area (Å²) in [4.78, 5) is 7.00. The van der Waals surface area contributed by atoms with Gasteiger partial charge in [0.25, 0.3) is 0 Å². The lowest BCUT2D eigenvalue weighted by Crippen LogP contribution is -2.36. The van der Waals surface area contributed by atoms with Crippen molar-refractivity contribution in [3.63, 3.8) is 0 Å². The smallest absolute Gasteiger partial charge is 0.133 e. The lowest BCUT2D eigenvalue weighted by molar-refractivity contribution is 0.460. The molecular weight excluding hydrogens is 210 g/mol. The van der Waals surface area contributed by atoms with Crippen LogP contribution in [0.5, 0.6) is 0 Å². The number of hydrogen-bond acceptors (Lipinski definition) is 3. The predicted octanol–water partition coefficient (Wildman–Crippen LogP) is 2.41. The quantitative estimate of drug-likeness (QED) is 0.850. The molecule has 2 heterocycles. The Morgan fingerprint density at radius 3 is 2.53 bits per heavy atom. The summed E-state index contributed by atoms with van der Waals surface area (Å²) in [5, 5.41) is 0. The summed E-state index contributed by atoms with van der Waals surface area (Å²) in [6, 6.07) is 4.22. The molecule has 2 N–H and O–H groups in total. The maximum atomic E-state index is 6.58. The van der Waals surface area contributed by atoms with Crippen molar-refractivity contribution in [3.8, 4) is 0 Å². The molecule has 2 fully saturated rings. The Labute approximate surface area is 103 Å². The maximum absolute atomic E-state index is 6.58. The summed E-state index contributed by atoms with van der Waals surface area (Å²) in [5.41, 5.74) is 7.74. The summed E-state index contributed by atoms with van der Waals surface area (Å²) in [5.74, 6) is 1.15. The van der Waals surface area contributed by atoms with E-state index in [1.165, 1.54) is 31.2 Å². The number of rotatable bonds is 2. The molecule has 17 heavy (non-hydrogen) atoms. The molecule has 92 valence electrons. The van der Waals surface area contributed by atoms with Gasteiger partial charge in [0, 0.05) is 30.4 Å². The zero-order valence-electron chi connectivity index (χ0n) is 10.4. The standard InChI is InChI=1S/C14H21N3/c15-14(7-1-2-8-14)12-6-5-9-16-13(12)17-10-3-4-11-17/h5-6,9H,1-4,7-8,10-11,15H2. The van der Waals surface area contributed by atoms with Crippen molar-refractivity contribution in [2.75, 3.05) is 18.0 Å². The van der Waals surface area contributed by atoms with E-state index in [0.717, 1.165) is 31.7 Å². The molecule has 1 saturated heterocycles. The fraction of sp³-hybridized carbons (Fsp3) is 0.643. The second kappa shape index (κ2) is 4.30. The van der Waals surface area contributed by atoms with Gasteiger partial charge in [-0.1, -0.05) is 18.9 Å². The molecular formula is C14H21N3. The third-order valence-corrected chi connectivity index (χ3v) is 4.22. The summed E-state index contributed by atoms with van der Waals surface area (Å²) >= 11 is 0. The third-order valence-electron chi connectivity index (χ3n) is 4.22. The molecule has 0 atom stereocenters. The van der Waals surface area contributed by atoms with Crippen LogP contribution in [0.15, 0.2) is 18.3 Å². The average Bonchev–Trinajstić information content (AvgIpc) is 3.00. The van der Waals surface area contributed by atoms with Crippen LogP contribution in [-0.4, -0.2) is 18.1 Å². The Morgan fingerprint density at radius 2 is 1.82 bits per heavy atom. The van der Waals surface area contributed by atoms with Crippen LogP contribution in [-0.2, 0) is 5.54 Å². The molecule has 3 nitrogen and oxygen atoms in total. The number of nitrogens with zero attached hydrogens (tertiary/aromatic N) is 2. The van der Waals surface area contributed by atoms with Crippen LogP contribution in [0.4, 0.5) is 5.82 Å². The molecule has 1 saturated carbocycles. The van der Waals surface area contributed by atoms with Gasteiger partial charge in [-0.15, -0.1) is 0 Å². The van der Waals surface area contributed by atoms with Crippen LogP contribution in [0.3, 0.4) is 0 Å². The number of hydrogen-bond donors (Lipinski definition) is 1. The molecule has 0 aromatic carbocycles. The Bertz CT molecular complexity index is 390. The van der Waals surface area contributed by atoms with E-state index in [0.29, 0.717) is 0 Å². The Hall–Kier alpha value is -1.09. The van der Waals surface area contributed by atoms with E-state index in [9.17, 15) is 0 Å². The molecule has 1 aliphatic heterocycles. The first kappa shape index (κ1) is 11.0. The van der Waals surface area contributed by atoms with E-state index in [1.807, 2.05) is 12.3 Å². The molecule has 3 rings (SSSR count). The first-order valence-electron chi connectivity index (χ1n) is 6.79. The van der Waals surface area contributed by atoms with Gasteiger partial charge in [0.1, 0.15) is 5.82 Å². The highest BCUT2D eigenvalue weighted by molar-refractivity contribution is 5.51. The Balaban J connectivity index is 1.97. The minimum Gasteiger partial charge on any atom is -0.356 e.